The molecule has 110 valence electrons. The minimum absolute atomic E-state index is 0.0228. The maximum Gasteiger partial charge on any atom is 0.224 e. The number of nitrogens with one attached hydrogen (secondary N) is 1. The quantitative estimate of drug-likeness (QED) is 0.882. The predicted octanol–water partition coefficient (Wildman–Crippen LogP) is 3.56. The van der Waals surface area contributed by atoms with E-state index in [-0.39, 0.29) is 5.91 Å². The zero-order chi connectivity index (χ0) is 15.1. The molecule has 0 aliphatic heterocycles. The maximum atomic E-state index is 12.1. The zero-order valence-electron chi connectivity index (χ0n) is 12.5. The summed E-state index contributed by atoms with van der Waals surface area (Å²) < 4.78 is 0. The van der Waals surface area contributed by atoms with Gasteiger partial charge in [0.2, 0.25) is 5.91 Å². The monoisotopic (exact) mass is 283 g/mol. The number of carbonyl (C=O) groups excluding carboxylic acids is 1. The molecule has 21 heavy (non-hydrogen) atoms. The van der Waals surface area contributed by atoms with Gasteiger partial charge in [0.1, 0.15) is 6.33 Å². The SMILES string of the molecule is CCC(C)c1ccccc1NC(=O)CCc1cncnc1. The van der Waals surface area contributed by atoms with Crippen molar-refractivity contribution in [2.45, 2.75) is 39.0 Å². The minimum atomic E-state index is 0.0228. The molecular formula is C17H21N3O. The van der Waals surface area contributed by atoms with Crippen LogP contribution in [-0.4, -0.2) is 15.9 Å². The Bertz CT molecular complexity index is 584. The molecule has 1 N–H and O–H groups in total. The number of aromatic nitrogens is 2. The van der Waals surface area contributed by atoms with Crippen LogP contribution < -0.4 is 5.32 Å². The van der Waals surface area contributed by atoms with Crippen LogP contribution in [0.25, 0.3) is 0 Å². The molecule has 0 spiro atoms. The standard InChI is InChI=1S/C17H21N3O/c1-3-13(2)15-6-4-5-7-16(15)20-17(21)9-8-14-10-18-12-19-11-14/h4-7,10-13H,3,8-9H2,1-2H3,(H,20,21). The Kier molecular flexibility index (Phi) is 5.43. The van der Waals surface area contributed by atoms with Gasteiger partial charge in [0.15, 0.2) is 0 Å². The third-order valence-electron chi connectivity index (χ3n) is 3.63. The average molecular weight is 283 g/mol. The van der Waals surface area contributed by atoms with Crippen LogP contribution in [0.1, 0.15) is 43.7 Å². The second-order valence-corrected chi connectivity index (χ2v) is 5.19. The van der Waals surface area contributed by atoms with Crippen LogP contribution in [-0.2, 0) is 11.2 Å². The van der Waals surface area contributed by atoms with E-state index in [9.17, 15) is 4.79 Å². The van der Waals surface area contributed by atoms with Crippen molar-refractivity contribution >= 4 is 11.6 Å². The Labute approximate surface area is 125 Å². The number of nitrogens with zero attached hydrogens (tertiary/aromatic N) is 2. The van der Waals surface area contributed by atoms with Crippen molar-refractivity contribution < 1.29 is 4.79 Å². The molecule has 0 radical (unpaired) electrons. The number of benzene rings is 1. The van der Waals surface area contributed by atoms with Crippen LogP contribution in [0.15, 0.2) is 43.0 Å². The van der Waals surface area contributed by atoms with E-state index in [0.717, 1.165) is 17.7 Å². The number of hydrogen-bond donors (Lipinski definition) is 1. The molecule has 0 fully saturated rings. The Morgan fingerprint density at radius 1 is 1.24 bits per heavy atom. The lowest BCUT2D eigenvalue weighted by molar-refractivity contribution is -0.116. The second kappa shape index (κ2) is 7.53. The van der Waals surface area contributed by atoms with Gasteiger partial charge in [0.25, 0.3) is 0 Å². The lowest BCUT2D eigenvalue weighted by Crippen LogP contribution is -2.14. The number of rotatable bonds is 6. The highest BCUT2D eigenvalue weighted by Gasteiger charge is 2.11. The average Bonchev–Trinajstić information content (AvgIpc) is 2.54. The first kappa shape index (κ1) is 15.2. The van der Waals surface area contributed by atoms with Crippen LogP contribution in [0, 0.1) is 0 Å². The van der Waals surface area contributed by atoms with Gasteiger partial charge in [0.05, 0.1) is 0 Å². The zero-order valence-corrected chi connectivity index (χ0v) is 12.5. The van der Waals surface area contributed by atoms with Crippen molar-refractivity contribution in [3.05, 3.63) is 54.1 Å². The molecule has 0 saturated carbocycles. The highest BCUT2D eigenvalue weighted by atomic mass is 16.1. The maximum absolute atomic E-state index is 12.1. The van der Waals surface area contributed by atoms with Crippen molar-refractivity contribution in [3.8, 4) is 0 Å². The van der Waals surface area contributed by atoms with Gasteiger partial charge < -0.3 is 5.32 Å². The lowest BCUT2D eigenvalue weighted by Gasteiger charge is -2.15. The molecule has 0 saturated heterocycles. The highest BCUT2D eigenvalue weighted by molar-refractivity contribution is 5.91. The highest BCUT2D eigenvalue weighted by Crippen LogP contribution is 2.26. The Hall–Kier alpha value is -2.23. The van der Waals surface area contributed by atoms with Gasteiger partial charge in [-0.3, -0.25) is 4.79 Å². The largest absolute Gasteiger partial charge is 0.326 e. The summed E-state index contributed by atoms with van der Waals surface area (Å²) in [5.74, 6) is 0.457. The lowest BCUT2D eigenvalue weighted by atomic mass is 9.97. The van der Waals surface area contributed by atoms with Crippen molar-refractivity contribution in [3.63, 3.8) is 0 Å². The fourth-order valence-corrected chi connectivity index (χ4v) is 2.19. The van der Waals surface area contributed by atoms with E-state index in [1.807, 2.05) is 18.2 Å². The first-order chi connectivity index (χ1) is 10.2. The summed E-state index contributed by atoms with van der Waals surface area (Å²) >= 11 is 0. The predicted molar refractivity (Wildman–Crippen MR) is 84.1 cm³/mol. The number of anilines is 1. The fourth-order valence-electron chi connectivity index (χ4n) is 2.19. The van der Waals surface area contributed by atoms with Crippen molar-refractivity contribution in [2.75, 3.05) is 5.32 Å². The number of amides is 1. The molecule has 4 heteroatoms. The molecule has 0 aliphatic rings. The summed E-state index contributed by atoms with van der Waals surface area (Å²) in [7, 11) is 0. The summed E-state index contributed by atoms with van der Waals surface area (Å²) in [6, 6.07) is 8.00. The van der Waals surface area contributed by atoms with Crippen molar-refractivity contribution in [1.29, 1.82) is 0 Å². The van der Waals surface area contributed by atoms with Gasteiger partial charge in [-0.2, -0.15) is 0 Å². The van der Waals surface area contributed by atoms with E-state index >= 15 is 0 Å². The van der Waals surface area contributed by atoms with E-state index in [2.05, 4.69) is 35.2 Å². The van der Waals surface area contributed by atoms with Crippen LogP contribution in [0.4, 0.5) is 5.69 Å². The molecule has 1 unspecified atom stereocenters. The Morgan fingerprint density at radius 2 is 1.95 bits per heavy atom. The molecule has 2 aromatic rings. The van der Waals surface area contributed by atoms with Crippen LogP contribution in [0.2, 0.25) is 0 Å². The number of para-hydroxylation sites is 1. The molecule has 1 atom stereocenters. The van der Waals surface area contributed by atoms with E-state index in [0.29, 0.717) is 18.8 Å². The number of aryl methyl sites for hydroxylation is 1. The van der Waals surface area contributed by atoms with Gasteiger partial charge in [-0.1, -0.05) is 32.0 Å². The van der Waals surface area contributed by atoms with Crippen LogP contribution in [0.5, 0.6) is 0 Å². The molecular weight excluding hydrogens is 262 g/mol. The molecule has 1 amide bonds. The summed E-state index contributed by atoms with van der Waals surface area (Å²) in [5, 5.41) is 3.02. The fraction of sp³-hybridized carbons (Fsp3) is 0.353. The summed E-state index contributed by atoms with van der Waals surface area (Å²) in [6.45, 7) is 4.32. The number of carbonyl (C=O) groups is 1. The smallest absolute Gasteiger partial charge is 0.224 e. The van der Waals surface area contributed by atoms with Gasteiger partial charge in [0, 0.05) is 24.5 Å². The first-order valence-electron chi connectivity index (χ1n) is 7.33. The molecule has 4 nitrogen and oxygen atoms in total. The van der Waals surface area contributed by atoms with Gasteiger partial charge in [-0.05, 0) is 36.0 Å². The van der Waals surface area contributed by atoms with Crippen LogP contribution in [0.3, 0.4) is 0 Å². The van der Waals surface area contributed by atoms with Crippen molar-refractivity contribution in [2.24, 2.45) is 0 Å². The van der Waals surface area contributed by atoms with Gasteiger partial charge >= 0.3 is 0 Å². The Balaban J connectivity index is 1.97. The van der Waals surface area contributed by atoms with Gasteiger partial charge in [-0.15, -0.1) is 0 Å². The molecule has 1 aromatic carbocycles. The third kappa shape index (κ3) is 4.38. The van der Waals surface area contributed by atoms with E-state index < -0.39 is 0 Å². The number of hydrogen-bond acceptors (Lipinski definition) is 3. The summed E-state index contributed by atoms with van der Waals surface area (Å²) in [6.07, 6.45) is 7.11. The third-order valence-corrected chi connectivity index (χ3v) is 3.63. The molecule has 1 heterocycles. The normalized spacial score (nSPS) is 11.9. The van der Waals surface area contributed by atoms with E-state index in [4.69, 9.17) is 0 Å². The second-order valence-electron chi connectivity index (χ2n) is 5.19. The summed E-state index contributed by atoms with van der Waals surface area (Å²) in [5.41, 5.74) is 3.08. The molecule has 0 bridgehead atoms. The van der Waals surface area contributed by atoms with Crippen LogP contribution >= 0.6 is 0 Å². The van der Waals surface area contributed by atoms with Crippen molar-refractivity contribution in [1.82, 2.24) is 9.97 Å². The molecule has 1 aromatic heterocycles. The topological polar surface area (TPSA) is 54.9 Å². The van der Waals surface area contributed by atoms with Gasteiger partial charge in [-0.25, -0.2) is 9.97 Å². The van der Waals surface area contributed by atoms with E-state index in [1.54, 1.807) is 12.4 Å². The van der Waals surface area contributed by atoms with E-state index in [1.165, 1.54) is 11.9 Å². The summed E-state index contributed by atoms with van der Waals surface area (Å²) in [4.78, 5) is 20.0. The molecule has 2 rings (SSSR count). The Morgan fingerprint density at radius 3 is 2.67 bits per heavy atom. The molecule has 0 aliphatic carbocycles. The minimum Gasteiger partial charge on any atom is -0.326 e. The first-order valence-corrected chi connectivity index (χ1v) is 7.33.